The van der Waals surface area contributed by atoms with Crippen molar-refractivity contribution in [1.29, 1.82) is 0 Å². The van der Waals surface area contributed by atoms with Gasteiger partial charge in [0, 0.05) is 32.2 Å². The van der Waals surface area contributed by atoms with Crippen LogP contribution in [0.5, 0.6) is 5.75 Å². The Morgan fingerprint density at radius 3 is 2.72 bits per heavy atom. The lowest BCUT2D eigenvalue weighted by Crippen LogP contribution is -2.49. The third-order valence-electron chi connectivity index (χ3n) is 5.13. The van der Waals surface area contributed by atoms with Crippen molar-refractivity contribution in [2.75, 3.05) is 54.5 Å². The number of hydrogen-bond donors (Lipinski definition) is 1. The molecule has 0 bridgehead atoms. The first-order valence-electron chi connectivity index (χ1n) is 9.93. The van der Waals surface area contributed by atoms with Gasteiger partial charge in [0.2, 0.25) is 0 Å². The molecule has 164 valence electrons. The lowest BCUT2D eigenvalue weighted by molar-refractivity contribution is -0.149. The molecule has 0 radical (unpaired) electrons. The van der Waals surface area contributed by atoms with E-state index in [1.807, 2.05) is 25.1 Å². The van der Waals surface area contributed by atoms with E-state index in [9.17, 15) is 4.79 Å². The molecule has 0 spiro atoms. The average molecular weight is 518 g/mol. The third-order valence-corrected chi connectivity index (χ3v) is 5.13. The minimum absolute atomic E-state index is 0. The number of likely N-dealkylation sites (N-methyl/N-ethyl adjacent to an activating group) is 1. The monoisotopic (exact) mass is 518 g/mol. The van der Waals surface area contributed by atoms with Crippen molar-refractivity contribution >= 4 is 35.9 Å². The van der Waals surface area contributed by atoms with Crippen molar-refractivity contribution in [3.63, 3.8) is 0 Å². The van der Waals surface area contributed by atoms with Crippen LogP contribution in [0.1, 0.15) is 31.4 Å². The molecule has 1 aromatic carbocycles. The maximum Gasteiger partial charge on any atom is 0.310 e. The highest BCUT2D eigenvalue weighted by Gasteiger charge is 2.29. The number of halogens is 1. The van der Waals surface area contributed by atoms with Crippen molar-refractivity contribution in [2.24, 2.45) is 10.9 Å². The number of carbonyl (C=O) groups excluding carboxylic acids is 1. The van der Waals surface area contributed by atoms with Gasteiger partial charge in [0.25, 0.3) is 0 Å². The number of benzene rings is 1. The molecular weight excluding hydrogens is 483 g/mol. The summed E-state index contributed by atoms with van der Waals surface area (Å²) in [7, 11) is 7.59. The van der Waals surface area contributed by atoms with Gasteiger partial charge in [0.05, 0.1) is 25.7 Å². The highest BCUT2D eigenvalue weighted by Crippen LogP contribution is 2.27. The Hall–Kier alpha value is -1.55. The molecule has 8 heteroatoms. The molecule has 0 amide bonds. The van der Waals surface area contributed by atoms with Gasteiger partial charge in [0.15, 0.2) is 5.96 Å². The smallest absolute Gasteiger partial charge is 0.310 e. The van der Waals surface area contributed by atoms with E-state index in [0.29, 0.717) is 19.7 Å². The van der Waals surface area contributed by atoms with Gasteiger partial charge >= 0.3 is 5.97 Å². The van der Waals surface area contributed by atoms with Crippen LogP contribution in [0.25, 0.3) is 0 Å². The number of ether oxygens (including phenoxy) is 2. The molecule has 7 nitrogen and oxygen atoms in total. The standard InChI is InChI=1S/C21H34N4O3.HI/c1-6-28-20(26)16-10-9-13-25(15-16)21(22-2)23-14-18(24(3)4)17-11-7-8-12-19(17)27-5;/h7-8,11-12,16,18H,6,9-10,13-15H2,1-5H3,(H,22,23);1H. The summed E-state index contributed by atoms with van der Waals surface area (Å²) in [4.78, 5) is 20.9. The molecule has 0 aliphatic carbocycles. The fourth-order valence-corrected chi connectivity index (χ4v) is 3.65. The van der Waals surface area contributed by atoms with E-state index in [4.69, 9.17) is 9.47 Å². The number of piperidine rings is 1. The number of esters is 1. The SMILES string of the molecule is CCOC(=O)C1CCCN(C(=NC)NCC(c2ccccc2OC)N(C)C)C1.I. The molecule has 1 aliphatic heterocycles. The molecule has 2 rings (SSSR count). The van der Waals surface area contributed by atoms with Crippen LogP contribution in [0.3, 0.4) is 0 Å². The molecule has 1 heterocycles. The Balaban J connectivity index is 0.00000420. The topological polar surface area (TPSA) is 66.4 Å². The number of hydrogen-bond acceptors (Lipinski definition) is 5. The molecule has 29 heavy (non-hydrogen) atoms. The zero-order chi connectivity index (χ0) is 20.5. The number of rotatable bonds is 7. The van der Waals surface area contributed by atoms with Gasteiger partial charge in [-0.05, 0) is 39.9 Å². The quantitative estimate of drug-likeness (QED) is 0.259. The number of nitrogens with zero attached hydrogens (tertiary/aromatic N) is 3. The summed E-state index contributed by atoms with van der Waals surface area (Å²) in [6.45, 7) is 4.47. The van der Waals surface area contributed by atoms with Crippen molar-refractivity contribution in [3.05, 3.63) is 29.8 Å². The lowest BCUT2D eigenvalue weighted by atomic mass is 9.98. The van der Waals surface area contributed by atoms with Gasteiger partial charge < -0.3 is 24.6 Å². The predicted octanol–water partition coefficient (Wildman–Crippen LogP) is 2.77. The van der Waals surface area contributed by atoms with Crippen LogP contribution in [-0.2, 0) is 9.53 Å². The fourth-order valence-electron chi connectivity index (χ4n) is 3.65. The second-order valence-corrected chi connectivity index (χ2v) is 7.19. The van der Waals surface area contributed by atoms with Crippen LogP contribution >= 0.6 is 24.0 Å². The molecule has 0 saturated carbocycles. The highest BCUT2D eigenvalue weighted by atomic mass is 127. The second-order valence-electron chi connectivity index (χ2n) is 7.19. The van der Waals surface area contributed by atoms with Gasteiger partial charge in [-0.3, -0.25) is 9.79 Å². The molecular formula is C21H35IN4O3. The summed E-state index contributed by atoms with van der Waals surface area (Å²) in [5.74, 6) is 1.49. The number of guanidine groups is 1. The van der Waals surface area contributed by atoms with Crippen LogP contribution in [0.4, 0.5) is 0 Å². The van der Waals surface area contributed by atoms with Crippen molar-refractivity contribution < 1.29 is 14.3 Å². The minimum atomic E-state index is -0.108. The number of methoxy groups -OCH3 is 1. The number of likely N-dealkylation sites (tertiary alicyclic amines) is 1. The Labute approximate surface area is 191 Å². The number of carbonyl (C=O) groups is 1. The van der Waals surface area contributed by atoms with E-state index < -0.39 is 0 Å². The molecule has 1 N–H and O–H groups in total. The molecule has 0 aromatic heterocycles. The first-order valence-corrected chi connectivity index (χ1v) is 9.93. The molecule has 1 aromatic rings. The molecule has 1 fully saturated rings. The maximum absolute atomic E-state index is 12.1. The molecule has 1 aliphatic rings. The summed E-state index contributed by atoms with van der Waals surface area (Å²) in [6, 6.07) is 8.20. The van der Waals surface area contributed by atoms with Crippen LogP contribution in [0, 0.1) is 5.92 Å². The van der Waals surface area contributed by atoms with E-state index in [-0.39, 0.29) is 41.9 Å². The van der Waals surface area contributed by atoms with Crippen LogP contribution in [-0.4, -0.2) is 76.2 Å². The summed E-state index contributed by atoms with van der Waals surface area (Å²) >= 11 is 0. The van der Waals surface area contributed by atoms with Crippen LogP contribution in [0.2, 0.25) is 0 Å². The minimum Gasteiger partial charge on any atom is -0.496 e. The average Bonchev–Trinajstić information content (AvgIpc) is 2.71. The highest BCUT2D eigenvalue weighted by molar-refractivity contribution is 14.0. The Morgan fingerprint density at radius 1 is 1.38 bits per heavy atom. The van der Waals surface area contributed by atoms with Gasteiger partial charge in [-0.1, -0.05) is 18.2 Å². The summed E-state index contributed by atoms with van der Waals surface area (Å²) < 4.78 is 10.8. The van der Waals surface area contributed by atoms with E-state index in [0.717, 1.165) is 36.7 Å². The van der Waals surface area contributed by atoms with E-state index in [1.54, 1.807) is 14.2 Å². The van der Waals surface area contributed by atoms with Crippen LogP contribution in [0.15, 0.2) is 29.3 Å². The predicted molar refractivity (Wildman–Crippen MR) is 127 cm³/mol. The number of nitrogens with one attached hydrogen (secondary N) is 1. The van der Waals surface area contributed by atoms with Gasteiger partial charge in [0.1, 0.15) is 5.75 Å². The Morgan fingerprint density at radius 2 is 2.10 bits per heavy atom. The normalized spacial score (nSPS) is 18.1. The number of aliphatic imine (C=N–C) groups is 1. The number of para-hydroxylation sites is 1. The third kappa shape index (κ3) is 7.02. The summed E-state index contributed by atoms with van der Waals surface area (Å²) in [5, 5.41) is 3.49. The van der Waals surface area contributed by atoms with Gasteiger partial charge in [-0.15, -0.1) is 24.0 Å². The summed E-state index contributed by atoms with van der Waals surface area (Å²) in [6.07, 6.45) is 1.82. The molecule has 1 saturated heterocycles. The zero-order valence-corrected chi connectivity index (χ0v) is 20.5. The second kappa shape index (κ2) is 12.9. The maximum atomic E-state index is 12.1. The van der Waals surface area contributed by atoms with Crippen molar-refractivity contribution in [2.45, 2.75) is 25.8 Å². The zero-order valence-electron chi connectivity index (χ0n) is 18.2. The van der Waals surface area contributed by atoms with Crippen molar-refractivity contribution in [1.82, 2.24) is 15.1 Å². The van der Waals surface area contributed by atoms with Gasteiger partial charge in [-0.25, -0.2) is 0 Å². The van der Waals surface area contributed by atoms with E-state index in [2.05, 4.69) is 40.3 Å². The fraction of sp³-hybridized carbons (Fsp3) is 0.619. The summed E-state index contributed by atoms with van der Waals surface area (Å²) in [5.41, 5.74) is 1.13. The largest absolute Gasteiger partial charge is 0.496 e. The van der Waals surface area contributed by atoms with Crippen molar-refractivity contribution in [3.8, 4) is 5.75 Å². The van der Waals surface area contributed by atoms with Crippen LogP contribution < -0.4 is 10.1 Å². The lowest BCUT2D eigenvalue weighted by Gasteiger charge is -2.35. The van der Waals surface area contributed by atoms with E-state index in [1.165, 1.54) is 0 Å². The Bertz CT molecular complexity index is 669. The Kier molecular flexibility index (Phi) is 11.3. The molecule has 2 unspecified atom stereocenters. The first kappa shape index (κ1) is 25.5. The van der Waals surface area contributed by atoms with Gasteiger partial charge in [-0.2, -0.15) is 0 Å². The molecule has 2 atom stereocenters. The first-order chi connectivity index (χ1) is 13.5. The van der Waals surface area contributed by atoms with E-state index >= 15 is 0 Å².